The van der Waals surface area contributed by atoms with Gasteiger partial charge in [0.1, 0.15) is 17.2 Å². The number of aryl methyl sites for hydroxylation is 1. The van der Waals surface area contributed by atoms with Crippen LogP contribution in [0.2, 0.25) is 5.02 Å². The van der Waals surface area contributed by atoms with Crippen LogP contribution in [-0.2, 0) is 25.0 Å². The summed E-state index contributed by atoms with van der Waals surface area (Å²) in [6.45, 7) is 3.75. The molecule has 0 unspecified atom stereocenters. The van der Waals surface area contributed by atoms with Crippen molar-refractivity contribution in [2.45, 2.75) is 43.6 Å². The third-order valence-corrected chi connectivity index (χ3v) is 6.73. The van der Waals surface area contributed by atoms with Gasteiger partial charge in [0, 0.05) is 26.6 Å². The molecule has 12 heteroatoms. The maximum Gasteiger partial charge on any atom is 0.240 e. The van der Waals surface area contributed by atoms with Crippen LogP contribution in [0.25, 0.3) is 0 Å². The molecule has 1 saturated carbocycles. The molecule has 0 aromatic carbocycles. The number of sulfonamides is 1. The summed E-state index contributed by atoms with van der Waals surface area (Å²) < 4.78 is 41.1. The van der Waals surface area contributed by atoms with Gasteiger partial charge in [0.2, 0.25) is 16.0 Å². The second kappa shape index (κ2) is 7.90. The zero-order chi connectivity index (χ0) is 20.5. The molecule has 0 aliphatic heterocycles. The maximum absolute atomic E-state index is 13.0. The van der Waals surface area contributed by atoms with E-state index in [0.717, 1.165) is 12.8 Å². The van der Waals surface area contributed by atoms with Crippen molar-refractivity contribution in [2.75, 3.05) is 25.5 Å². The topological polar surface area (TPSA) is 121 Å². The Morgan fingerprint density at radius 1 is 1.29 bits per heavy atom. The van der Waals surface area contributed by atoms with Crippen molar-refractivity contribution in [1.82, 2.24) is 24.7 Å². The molecule has 2 heterocycles. The third-order valence-electron chi connectivity index (χ3n) is 4.84. The smallest absolute Gasteiger partial charge is 0.240 e. The minimum atomic E-state index is -3.89. The van der Waals surface area contributed by atoms with E-state index in [1.165, 1.54) is 26.4 Å². The highest BCUT2D eigenvalue weighted by molar-refractivity contribution is 7.93. The Bertz CT molecular complexity index is 929. The molecule has 2 aromatic rings. The second-order valence-electron chi connectivity index (χ2n) is 6.83. The van der Waals surface area contributed by atoms with Crippen LogP contribution >= 0.6 is 11.6 Å². The lowest BCUT2D eigenvalue weighted by molar-refractivity contribution is 0.0950. The predicted octanol–water partition coefficient (Wildman–Crippen LogP) is 1.68. The van der Waals surface area contributed by atoms with Crippen LogP contribution in [-0.4, -0.2) is 59.2 Å². The number of aromatic nitrogens is 5. The summed E-state index contributed by atoms with van der Waals surface area (Å²) >= 11 is 5.81. The Balaban J connectivity index is 1.87. The van der Waals surface area contributed by atoms with Crippen LogP contribution in [0.4, 0.5) is 5.95 Å². The number of hydrogen-bond acceptors (Lipinski definition) is 8. The van der Waals surface area contributed by atoms with Crippen LogP contribution in [0.5, 0.6) is 0 Å². The number of methoxy groups -OCH3 is 2. The van der Waals surface area contributed by atoms with E-state index in [-0.39, 0.29) is 17.3 Å². The highest BCUT2D eigenvalue weighted by atomic mass is 35.5. The van der Waals surface area contributed by atoms with E-state index in [1.54, 1.807) is 18.6 Å². The molecular weight excluding hydrogens is 408 g/mol. The van der Waals surface area contributed by atoms with E-state index in [2.05, 4.69) is 24.9 Å². The lowest BCUT2D eigenvalue weighted by atomic mass is 10.2. The average molecular weight is 431 g/mol. The van der Waals surface area contributed by atoms with E-state index in [4.69, 9.17) is 21.1 Å². The van der Waals surface area contributed by atoms with Crippen molar-refractivity contribution in [3.8, 4) is 0 Å². The first-order valence-electron chi connectivity index (χ1n) is 8.67. The number of rotatable bonds is 9. The molecule has 154 valence electrons. The number of ether oxygens (including phenoxy) is 2. The Kier molecular flexibility index (Phi) is 5.89. The van der Waals surface area contributed by atoms with Gasteiger partial charge >= 0.3 is 0 Å². The molecule has 0 spiro atoms. The zero-order valence-electron chi connectivity index (χ0n) is 16.1. The molecule has 0 bridgehead atoms. The SMILES string of the molecule is COCC1(n2c(C)nnc2NS(=O)(=O)[C@@H](C)[C@H](OC)c2ncc(Cl)cn2)CC1. The first-order valence-corrected chi connectivity index (χ1v) is 10.6. The first kappa shape index (κ1) is 20.9. The van der Waals surface area contributed by atoms with Gasteiger partial charge in [-0.05, 0) is 26.7 Å². The molecule has 1 aliphatic rings. The van der Waals surface area contributed by atoms with Crippen molar-refractivity contribution in [3.63, 3.8) is 0 Å². The largest absolute Gasteiger partial charge is 0.382 e. The highest BCUT2D eigenvalue weighted by Crippen LogP contribution is 2.46. The normalized spacial score (nSPS) is 17.9. The van der Waals surface area contributed by atoms with Crippen molar-refractivity contribution in [2.24, 2.45) is 0 Å². The van der Waals surface area contributed by atoms with E-state index in [1.807, 2.05) is 0 Å². The lowest BCUT2D eigenvalue weighted by Crippen LogP contribution is -2.35. The molecule has 2 atom stereocenters. The molecule has 0 amide bonds. The molecule has 2 aromatic heterocycles. The van der Waals surface area contributed by atoms with Gasteiger partial charge in [0.05, 0.1) is 17.2 Å². The number of nitrogens with one attached hydrogen (secondary N) is 1. The number of hydrogen-bond donors (Lipinski definition) is 1. The lowest BCUT2D eigenvalue weighted by Gasteiger charge is -2.24. The summed E-state index contributed by atoms with van der Waals surface area (Å²) in [6, 6.07) is 0. The zero-order valence-corrected chi connectivity index (χ0v) is 17.7. The predicted molar refractivity (Wildman–Crippen MR) is 103 cm³/mol. The first-order chi connectivity index (χ1) is 13.2. The third kappa shape index (κ3) is 3.97. The van der Waals surface area contributed by atoms with Gasteiger partial charge < -0.3 is 9.47 Å². The van der Waals surface area contributed by atoms with E-state index in [9.17, 15) is 8.42 Å². The minimum absolute atomic E-state index is 0.158. The van der Waals surface area contributed by atoms with Crippen molar-refractivity contribution in [1.29, 1.82) is 0 Å². The molecule has 28 heavy (non-hydrogen) atoms. The Morgan fingerprint density at radius 2 is 1.93 bits per heavy atom. The van der Waals surface area contributed by atoms with Gasteiger partial charge in [-0.25, -0.2) is 18.4 Å². The van der Waals surface area contributed by atoms with Gasteiger partial charge in [-0.1, -0.05) is 11.6 Å². The van der Waals surface area contributed by atoms with E-state index < -0.39 is 21.4 Å². The molecule has 10 nitrogen and oxygen atoms in total. The van der Waals surface area contributed by atoms with E-state index in [0.29, 0.717) is 17.5 Å². The minimum Gasteiger partial charge on any atom is -0.382 e. The fourth-order valence-corrected chi connectivity index (χ4v) is 4.43. The summed E-state index contributed by atoms with van der Waals surface area (Å²) in [4.78, 5) is 8.15. The van der Waals surface area contributed by atoms with Gasteiger partial charge in [0.15, 0.2) is 5.82 Å². The summed E-state index contributed by atoms with van der Waals surface area (Å²) in [6.07, 6.45) is 3.63. The van der Waals surface area contributed by atoms with Crippen LogP contribution in [0.1, 0.15) is 37.5 Å². The summed E-state index contributed by atoms with van der Waals surface area (Å²) in [7, 11) is -0.878. The second-order valence-corrected chi connectivity index (χ2v) is 9.31. The molecule has 1 aliphatic carbocycles. The summed E-state index contributed by atoms with van der Waals surface area (Å²) in [5, 5.41) is 7.41. The Hall–Kier alpha value is -1.82. The van der Waals surface area contributed by atoms with Crippen LogP contribution in [0, 0.1) is 6.92 Å². The Morgan fingerprint density at radius 3 is 2.46 bits per heavy atom. The van der Waals surface area contributed by atoms with Crippen LogP contribution < -0.4 is 4.72 Å². The molecule has 3 rings (SSSR count). The summed E-state index contributed by atoms with van der Waals surface area (Å²) in [5.74, 6) is 0.996. The maximum atomic E-state index is 13.0. The van der Waals surface area contributed by atoms with Gasteiger partial charge in [0.25, 0.3) is 0 Å². The summed E-state index contributed by atoms with van der Waals surface area (Å²) in [5.41, 5.74) is -0.316. The molecular formula is C16H23ClN6O4S. The van der Waals surface area contributed by atoms with Crippen molar-refractivity contribution < 1.29 is 17.9 Å². The van der Waals surface area contributed by atoms with E-state index >= 15 is 0 Å². The number of nitrogens with zero attached hydrogens (tertiary/aromatic N) is 5. The quantitative estimate of drug-likeness (QED) is 0.637. The van der Waals surface area contributed by atoms with Crippen molar-refractivity contribution in [3.05, 3.63) is 29.1 Å². The fraction of sp³-hybridized carbons (Fsp3) is 0.625. The number of anilines is 1. The standard InChI is InChI=1S/C16H23ClN6O4S/c1-10(13(27-4)14-18-7-12(17)8-19-14)28(24,25)22-15-21-20-11(2)23(15)16(5-6-16)9-26-3/h7-8,10,13H,5-6,9H2,1-4H3,(H,21,22)/t10-,13-/m0/s1. The monoisotopic (exact) mass is 430 g/mol. The highest BCUT2D eigenvalue weighted by Gasteiger charge is 2.48. The fourth-order valence-electron chi connectivity index (χ4n) is 3.20. The van der Waals surface area contributed by atoms with Crippen LogP contribution in [0.3, 0.4) is 0 Å². The number of halogens is 1. The average Bonchev–Trinajstić information content (AvgIpc) is 3.33. The van der Waals surface area contributed by atoms with Gasteiger partial charge in [-0.2, -0.15) is 0 Å². The van der Waals surface area contributed by atoms with Gasteiger partial charge in [-0.3, -0.25) is 9.29 Å². The molecule has 1 N–H and O–H groups in total. The van der Waals surface area contributed by atoms with Crippen molar-refractivity contribution >= 4 is 27.6 Å². The molecule has 0 saturated heterocycles. The molecule has 0 radical (unpaired) electrons. The molecule has 1 fully saturated rings. The van der Waals surface area contributed by atoms with Crippen LogP contribution in [0.15, 0.2) is 12.4 Å². The Labute approximate surface area is 168 Å². The van der Waals surface area contributed by atoms with Gasteiger partial charge in [-0.15, -0.1) is 10.2 Å².